The molecule has 0 aliphatic carbocycles. The topological polar surface area (TPSA) is 127 Å². The van der Waals surface area contributed by atoms with Crippen LogP contribution in [0.1, 0.15) is 32.4 Å². The fourth-order valence-electron chi connectivity index (χ4n) is 1.90. The molecule has 0 atom stereocenters. The summed E-state index contributed by atoms with van der Waals surface area (Å²) in [4.78, 5) is 18.3. The van der Waals surface area contributed by atoms with Crippen LogP contribution in [0.3, 0.4) is 0 Å². The summed E-state index contributed by atoms with van der Waals surface area (Å²) in [5.41, 5.74) is 5.49. The van der Waals surface area contributed by atoms with E-state index >= 15 is 0 Å². The first-order chi connectivity index (χ1) is 9.26. The number of nitrogens with two attached hydrogens (primary N) is 1. The summed E-state index contributed by atoms with van der Waals surface area (Å²) in [5, 5.41) is 22.9. The third-order valence-electron chi connectivity index (χ3n) is 3.00. The number of aryl methyl sites for hydroxylation is 1. The minimum absolute atomic E-state index is 0.00349. The number of nitrogen functional groups attached to an aromatic ring is 1. The van der Waals surface area contributed by atoms with Crippen molar-refractivity contribution in [3.05, 3.63) is 15.8 Å². The normalized spacial score (nSPS) is 11.4. The Hall–Kier alpha value is -1.96. The molecule has 0 spiro atoms. The van der Waals surface area contributed by atoms with Gasteiger partial charge in [0.15, 0.2) is 0 Å². The molecule has 0 aliphatic rings. The first-order valence-electron chi connectivity index (χ1n) is 6.40. The molecule has 0 saturated carbocycles. The number of nitro groups is 1. The van der Waals surface area contributed by atoms with Crippen molar-refractivity contribution in [3.8, 4) is 0 Å². The summed E-state index contributed by atoms with van der Waals surface area (Å²) in [6.07, 6.45) is 1.48. The summed E-state index contributed by atoms with van der Waals surface area (Å²) in [7, 11) is 0. The molecule has 1 aromatic heterocycles. The number of aromatic nitrogens is 2. The van der Waals surface area contributed by atoms with E-state index in [1.807, 2.05) is 13.8 Å². The predicted octanol–water partition coefficient (Wildman–Crippen LogP) is 1.49. The van der Waals surface area contributed by atoms with Gasteiger partial charge in [0.1, 0.15) is 5.69 Å². The van der Waals surface area contributed by atoms with E-state index in [1.54, 1.807) is 0 Å². The molecule has 0 bridgehead atoms. The number of nitrogens with one attached hydrogen (secondary N) is 1. The first-order valence-corrected chi connectivity index (χ1v) is 6.40. The highest BCUT2D eigenvalue weighted by atomic mass is 16.6. The van der Waals surface area contributed by atoms with Crippen molar-refractivity contribution in [1.29, 1.82) is 0 Å². The summed E-state index contributed by atoms with van der Waals surface area (Å²) in [5.74, 6) is 0.140. The van der Waals surface area contributed by atoms with Gasteiger partial charge in [0.2, 0.25) is 11.8 Å². The lowest BCUT2D eigenvalue weighted by molar-refractivity contribution is -0.385. The molecule has 0 radical (unpaired) electrons. The fourth-order valence-corrected chi connectivity index (χ4v) is 1.90. The van der Waals surface area contributed by atoms with Crippen LogP contribution < -0.4 is 11.1 Å². The highest BCUT2D eigenvalue weighted by Gasteiger charge is 2.24. The number of nitrogens with zero attached hydrogens (tertiary/aromatic N) is 3. The van der Waals surface area contributed by atoms with Crippen LogP contribution in [-0.4, -0.2) is 33.1 Å². The quantitative estimate of drug-likeness (QED) is 0.511. The highest BCUT2D eigenvalue weighted by Crippen LogP contribution is 2.28. The number of hydrogen-bond acceptors (Lipinski definition) is 7. The number of aliphatic hydroxyl groups is 1. The Morgan fingerprint density at radius 3 is 2.65 bits per heavy atom. The highest BCUT2D eigenvalue weighted by molar-refractivity contribution is 5.60. The van der Waals surface area contributed by atoms with Gasteiger partial charge in [-0.15, -0.1) is 0 Å². The van der Waals surface area contributed by atoms with Crippen LogP contribution >= 0.6 is 0 Å². The lowest BCUT2D eigenvalue weighted by Crippen LogP contribution is -2.24. The average molecular weight is 283 g/mol. The van der Waals surface area contributed by atoms with E-state index in [0.717, 1.165) is 6.42 Å². The fraction of sp³-hybridized carbons (Fsp3) is 0.667. The van der Waals surface area contributed by atoms with Gasteiger partial charge < -0.3 is 16.2 Å². The molecule has 1 rings (SSSR count). The van der Waals surface area contributed by atoms with E-state index in [9.17, 15) is 10.1 Å². The standard InChI is InChI=1S/C12H21N5O3/c1-8-9(17(19)20)10(16-11(13)15-8)14-7-12(2,3)5-4-6-18/h18H,4-7H2,1-3H3,(H3,13,14,15,16). The van der Waals surface area contributed by atoms with Crippen LogP contribution in [0.25, 0.3) is 0 Å². The lowest BCUT2D eigenvalue weighted by Gasteiger charge is -2.24. The molecule has 1 aromatic rings. The Balaban J connectivity index is 2.89. The smallest absolute Gasteiger partial charge is 0.332 e. The van der Waals surface area contributed by atoms with Gasteiger partial charge in [0, 0.05) is 13.2 Å². The van der Waals surface area contributed by atoms with Crippen LogP contribution in [0.4, 0.5) is 17.5 Å². The molecule has 0 fully saturated rings. The molecule has 0 aromatic carbocycles. The zero-order chi connectivity index (χ0) is 15.3. The Bertz CT molecular complexity index is 490. The second-order valence-electron chi connectivity index (χ2n) is 5.47. The largest absolute Gasteiger partial charge is 0.396 e. The molecule has 20 heavy (non-hydrogen) atoms. The third-order valence-corrected chi connectivity index (χ3v) is 3.00. The maximum atomic E-state index is 11.1. The third kappa shape index (κ3) is 4.30. The van der Waals surface area contributed by atoms with E-state index in [0.29, 0.717) is 13.0 Å². The van der Waals surface area contributed by atoms with E-state index in [2.05, 4.69) is 15.3 Å². The molecule has 0 saturated heterocycles. The zero-order valence-corrected chi connectivity index (χ0v) is 12.0. The van der Waals surface area contributed by atoms with Gasteiger partial charge in [0.25, 0.3) is 0 Å². The lowest BCUT2D eigenvalue weighted by atomic mass is 9.88. The summed E-state index contributed by atoms with van der Waals surface area (Å²) < 4.78 is 0. The summed E-state index contributed by atoms with van der Waals surface area (Å²) in [6, 6.07) is 0. The van der Waals surface area contributed by atoms with Crippen molar-refractivity contribution in [3.63, 3.8) is 0 Å². The number of anilines is 2. The molecule has 8 heteroatoms. The molecular formula is C12H21N5O3. The van der Waals surface area contributed by atoms with Crippen LogP contribution in [0, 0.1) is 22.5 Å². The van der Waals surface area contributed by atoms with Gasteiger partial charge in [-0.3, -0.25) is 10.1 Å². The van der Waals surface area contributed by atoms with Crippen LogP contribution in [-0.2, 0) is 0 Å². The zero-order valence-electron chi connectivity index (χ0n) is 12.0. The van der Waals surface area contributed by atoms with Gasteiger partial charge in [-0.2, -0.15) is 4.98 Å². The van der Waals surface area contributed by atoms with Gasteiger partial charge >= 0.3 is 5.69 Å². The Labute approximate surface area is 117 Å². The molecule has 8 nitrogen and oxygen atoms in total. The van der Waals surface area contributed by atoms with Crippen LogP contribution in [0.2, 0.25) is 0 Å². The molecule has 4 N–H and O–H groups in total. The van der Waals surface area contributed by atoms with Gasteiger partial charge in [-0.05, 0) is 25.2 Å². The maximum Gasteiger partial charge on any atom is 0.332 e. The number of aliphatic hydroxyl groups excluding tert-OH is 1. The van der Waals surface area contributed by atoms with Crippen molar-refractivity contribution < 1.29 is 10.0 Å². The summed E-state index contributed by atoms with van der Waals surface area (Å²) in [6.45, 7) is 6.17. The molecule has 112 valence electrons. The Morgan fingerprint density at radius 2 is 2.10 bits per heavy atom. The predicted molar refractivity (Wildman–Crippen MR) is 76.4 cm³/mol. The van der Waals surface area contributed by atoms with E-state index in [4.69, 9.17) is 10.8 Å². The second kappa shape index (κ2) is 6.47. The van der Waals surface area contributed by atoms with Crippen molar-refractivity contribution in [2.45, 2.75) is 33.6 Å². The molecule has 1 heterocycles. The van der Waals surface area contributed by atoms with Crippen molar-refractivity contribution in [1.82, 2.24) is 9.97 Å². The minimum Gasteiger partial charge on any atom is -0.396 e. The van der Waals surface area contributed by atoms with Gasteiger partial charge in [-0.25, -0.2) is 4.98 Å². The van der Waals surface area contributed by atoms with E-state index < -0.39 is 4.92 Å². The van der Waals surface area contributed by atoms with Gasteiger partial charge in [0.05, 0.1) is 4.92 Å². The molecule has 0 aliphatic heterocycles. The van der Waals surface area contributed by atoms with E-state index in [1.165, 1.54) is 6.92 Å². The van der Waals surface area contributed by atoms with Crippen LogP contribution in [0.15, 0.2) is 0 Å². The van der Waals surface area contributed by atoms with Crippen molar-refractivity contribution >= 4 is 17.5 Å². The first kappa shape index (κ1) is 16.1. The molecule has 0 unspecified atom stereocenters. The Morgan fingerprint density at radius 1 is 1.45 bits per heavy atom. The van der Waals surface area contributed by atoms with Gasteiger partial charge in [-0.1, -0.05) is 13.8 Å². The van der Waals surface area contributed by atoms with Crippen molar-refractivity contribution in [2.75, 3.05) is 24.2 Å². The molecular weight excluding hydrogens is 262 g/mol. The summed E-state index contributed by atoms with van der Waals surface area (Å²) >= 11 is 0. The van der Waals surface area contributed by atoms with E-state index in [-0.39, 0.29) is 35.2 Å². The SMILES string of the molecule is Cc1nc(N)nc(NCC(C)(C)CCCO)c1[N+](=O)[O-]. The Kier molecular flexibility index (Phi) is 5.20. The number of hydrogen-bond donors (Lipinski definition) is 3. The van der Waals surface area contributed by atoms with Crippen molar-refractivity contribution in [2.24, 2.45) is 5.41 Å². The maximum absolute atomic E-state index is 11.1. The molecule has 0 amide bonds. The minimum atomic E-state index is -0.516. The second-order valence-corrected chi connectivity index (χ2v) is 5.47. The average Bonchev–Trinajstić information content (AvgIpc) is 2.32. The monoisotopic (exact) mass is 283 g/mol. The van der Waals surface area contributed by atoms with Crippen LogP contribution in [0.5, 0.6) is 0 Å². The number of rotatable bonds is 7.